The van der Waals surface area contributed by atoms with Crippen LogP contribution in [0.3, 0.4) is 0 Å². The molecule has 0 heterocycles. The standard InChI is InChI=1S/C14H16N2O.ClH/c1-16(12-8-6-11(15)7-9-12)13-4-3-5-14(10-13)17-2;/h3-10H,15H2,1-2H3;1H. The van der Waals surface area contributed by atoms with E-state index < -0.39 is 0 Å². The van der Waals surface area contributed by atoms with Crippen LogP contribution in [-0.2, 0) is 0 Å². The van der Waals surface area contributed by atoms with Crippen molar-refractivity contribution in [1.82, 2.24) is 0 Å². The summed E-state index contributed by atoms with van der Waals surface area (Å²) in [5, 5.41) is 0. The molecule has 0 bridgehead atoms. The number of halogens is 1. The highest BCUT2D eigenvalue weighted by Gasteiger charge is 2.04. The van der Waals surface area contributed by atoms with E-state index in [1.807, 2.05) is 55.6 Å². The Hall–Kier alpha value is -1.87. The highest BCUT2D eigenvalue weighted by molar-refractivity contribution is 5.85. The molecule has 3 nitrogen and oxygen atoms in total. The van der Waals surface area contributed by atoms with E-state index in [0.717, 1.165) is 22.8 Å². The van der Waals surface area contributed by atoms with Crippen molar-refractivity contribution < 1.29 is 4.74 Å². The van der Waals surface area contributed by atoms with Crippen LogP contribution in [-0.4, -0.2) is 14.2 Å². The Balaban J connectivity index is 0.00000162. The minimum absolute atomic E-state index is 0. The number of anilines is 3. The smallest absolute Gasteiger partial charge is 0.120 e. The van der Waals surface area contributed by atoms with Crippen molar-refractivity contribution in [2.24, 2.45) is 0 Å². The molecule has 0 radical (unpaired) electrons. The number of hydrogen-bond acceptors (Lipinski definition) is 3. The van der Waals surface area contributed by atoms with Crippen molar-refractivity contribution in [3.05, 3.63) is 48.5 Å². The highest BCUT2D eigenvalue weighted by atomic mass is 35.5. The maximum Gasteiger partial charge on any atom is 0.120 e. The number of ether oxygens (including phenoxy) is 1. The number of hydrogen-bond donors (Lipinski definition) is 1. The summed E-state index contributed by atoms with van der Waals surface area (Å²) in [6, 6.07) is 15.7. The summed E-state index contributed by atoms with van der Waals surface area (Å²) < 4.78 is 5.21. The van der Waals surface area contributed by atoms with Gasteiger partial charge in [0, 0.05) is 30.2 Å². The third-order valence-corrected chi connectivity index (χ3v) is 2.72. The molecule has 0 fully saturated rings. The fourth-order valence-corrected chi connectivity index (χ4v) is 1.67. The van der Waals surface area contributed by atoms with E-state index >= 15 is 0 Å². The Bertz CT molecular complexity index is 499. The molecule has 0 amide bonds. The maximum atomic E-state index is 5.67. The van der Waals surface area contributed by atoms with Crippen LogP contribution in [0.5, 0.6) is 5.75 Å². The summed E-state index contributed by atoms with van der Waals surface area (Å²) in [5.74, 6) is 0.852. The summed E-state index contributed by atoms with van der Waals surface area (Å²) in [6.07, 6.45) is 0. The Morgan fingerprint density at radius 1 is 1.00 bits per heavy atom. The predicted molar refractivity (Wildman–Crippen MR) is 79.2 cm³/mol. The Labute approximate surface area is 114 Å². The van der Waals surface area contributed by atoms with Gasteiger partial charge in [0.2, 0.25) is 0 Å². The monoisotopic (exact) mass is 264 g/mol. The SMILES string of the molecule is COc1cccc(N(C)c2ccc(N)cc2)c1.Cl. The van der Waals surface area contributed by atoms with Crippen molar-refractivity contribution in [2.75, 3.05) is 24.8 Å². The first-order chi connectivity index (χ1) is 8.20. The molecular formula is C14H17ClN2O. The zero-order valence-corrected chi connectivity index (χ0v) is 11.3. The van der Waals surface area contributed by atoms with Gasteiger partial charge in [0.15, 0.2) is 0 Å². The molecule has 0 aliphatic rings. The minimum Gasteiger partial charge on any atom is -0.497 e. The lowest BCUT2D eigenvalue weighted by molar-refractivity contribution is 0.415. The summed E-state index contributed by atoms with van der Waals surface area (Å²) in [4.78, 5) is 2.09. The van der Waals surface area contributed by atoms with Gasteiger partial charge in [-0.1, -0.05) is 6.07 Å². The first-order valence-electron chi connectivity index (χ1n) is 5.44. The largest absolute Gasteiger partial charge is 0.497 e. The van der Waals surface area contributed by atoms with Gasteiger partial charge in [-0.15, -0.1) is 12.4 Å². The molecule has 2 aromatic rings. The maximum absolute atomic E-state index is 5.67. The number of nitrogen functional groups attached to an aromatic ring is 1. The molecule has 0 atom stereocenters. The molecule has 0 saturated carbocycles. The van der Waals surface area contributed by atoms with Gasteiger partial charge in [-0.25, -0.2) is 0 Å². The van der Waals surface area contributed by atoms with Crippen LogP contribution in [0.15, 0.2) is 48.5 Å². The molecule has 4 heteroatoms. The number of nitrogens with zero attached hydrogens (tertiary/aromatic N) is 1. The van der Waals surface area contributed by atoms with Crippen LogP contribution >= 0.6 is 12.4 Å². The van der Waals surface area contributed by atoms with E-state index in [-0.39, 0.29) is 12.4 Å². The van der Waals surface area contributed by atoms with Crippen LogP contribution in [0.1, 0.15) is 0 Å². The molecule has 0 unspecified atom stereocenters. The predicted octanol–water partition coefficient (Wildman–Crippen LogP) is 3.47. The second-order valence-corrected chi connectivity index (χ2v) is 3.85. The van der Waals surface area contributed by atoms with Crippen molar-refractivity contribution in [3.63, 3.8) is 0 Å². The number of rotatable bonds is 3. The van der Waals surface area contributed by atoms with Crippen LogP contribution in [0.25, 0.3) is 0 Å². The van der Waals surface area contributed by atoms with Gasteiger partial charge in [0.25, 0.3) is 0 Å². The minimum atomic E-state index is 0. The molecule has 2 aromatic carbocycles. The summed E-state index contributed by atoms with van der Waals surface area (Å²) in [7, 11) is 3.68. The second-order valence-electron chi connectivity index (χ2n) is 3.85. The Morgan fingerprint density at radius 3 is 2.28 bits per heavy atom. The van der Waals surface area contributed by atoms with Gasteiger partial charge < -0.3 is 15.4 Å². The third-order valence-electron chi connectivity index (χ3n) is 2.72. The van der Waals surface area contributed by atoms with E-state index in [9.17, 15) is 0 Å². The normalized spacial score (nSPS) is 9.44. The summed E-state index contributed by atoms with van der Waals surface area (Å²) in [5.41, 5.74) is 8.61. The van der Waals surface area contributed by atoms with Crippen LogP contribution < -0.4 is 15.4 Å². The molecule has 0 aromatic heterocycles. The summed E-state index contributed by atoms with van der Waals surface area (Å²) >= 11 is 0. The van der Waals surface area contributed by atoms with E-state index in [0.29, 0.717) is 0 Å². The fraction of sp³-hybridized carbons (Fsp3) is 0.143. The average Bonchev–Trinajstić information content (AvgIpc) is 2.39. The Kier molecular flexibility index (Phi) is 4.86. The van der Waals surface area contributed by atoms with E-state index in [1.54, 1.807) is 7.11 Å². The fourth-order valence-electron chi connectivity index (χ4n) is 1.67. The van der Waals surface area contributed by atoms with Crippen molar-refractivity contribution in [1.29, 1.82) is 0 Å². The lowest BCUT2D eigenvalue weighted by atomic mass is 10.2. The topological polar surface area (TPSA) is 38.5 Å². The quantitative estimate of drug-likeness (QED) is 0.863. The van der Waals surface area contributed by atoms with E-state index in [2.05, 4.69) is 4.90 Å². The molecule has 18 heavy (non-hydrogen) atoms. The van der Waals surface area contributed by atoms with Crippen molar-refractivity contribution in [3.8, 4) is 5.75 Å². The number of benzene rings is 2. The van der Waals surface area contributed by atoms with E-state index in [1.165, 1.54) is 0 Å². The first kappa shape index (κ1) is 14.2. The molecule has 2 N–H and O–H groups in total. The van der Waals surface area contributed by atoms with Gasteiger partial charge in [-0.2, -0.15) is 0 Å². The number of nitrogens with two attached hydrogens (primary N) is 1. The van der Waals surface area contributed by atoms with Gasteiger partial charge >= 0.3 is 0 Å². The van der Waals surface area contributed by atoms with Crippen molar-refractivity contribution >= 4 is 29.5 Å². The molecular weight excluding hydrogens is 248 g/mol. The van der Waals surface area contributed by atoms with Crippen molar-refractivity contribution in [2.45, 2.75) is 0 Å². The molecule has 0 saturated heterocycles. The first-order valence-corrected chi connectivity index (χ1v) is 5.44. The van der Waals surface area contributed by atoms with Gasteiger partial charge in [0.1, 0.15) is 5.75 Å². The molecule has 0 spiro atoms. The van der Waals surface area contributed by atoms with Crippen LogP contribution in [0.4, 0.5) is 17.1 Å². The lowest BCUT2D eigenvalue weighted by Crippen LogP contribution is -2.09. The average molecular weight is 265 g/mol. The van der Waals surface area contributed by atoms with Gasteiger partial charge in [-0.05, 0) is 36.4 Å². The summed E-state index contributed by atoms with van der Waals surface area (Å²) in [6.45, 7) is 0. The highest BCUT2D eigenvalue weighted by Crippen LogP contribution is 2.26. The van der Waals surface area contributed by atoms with Crippen LogP contribution in [0, 0.1) is 0 Å². The lowest BCUT2D eigenvalue weighted by Gasteiger charge is -2.20. The van der Waals surface area contributed by atoms with Crippen LogP contribution in [0.2, 0.25) is 0 Å². The molecule has 96 valence electrons. The number of methoxy groups -OCH3 is 1. The molecule has 0 aliphatic carbocycles. The van der Waals surface area contributed by atoms with Gasteiger partial charge in [-0.3, -0.25) is 0 Å². The molecule has 0 aliphatic heterocycles. The van der Waals surface area contributed by atoms with E-state index in [4.69, 9.17) is 10.5 Å². The zero-order chi connectivity index (χ0) is 12.3. The molecule has 2 rings (SSSR count). The Morgan fingerprint density at radius 2 is 1.67 bits per heavy atom. The third kappa shape index (κ3) is 3.08. The second kappa shape index (κ2) is 6.17. The van der Waals surface area contributed by atoms with Gasteiger partial charge in [0.05, 0.1) is 7.11 Å². The zero-order valence-electron chi connectivity index (χ0n) is 10.5.